The number of nitrogens with one attached hydrogen (secondary N) is 1. The molecule has 5 unspecified atom stereocenters. The summed E-state index contributed by atoms with van der Waals surface area (Å²) in [7, 11) is 0. The van der Waals surface area contributed by atoms with Crippen LogP contribution in [0.5, 0.6) is 0 Å². The molecule has 0 aromatic rings. The number of hydrogen-bond acceptors (Lipinski definition) is 2. The molecule has 2 aliphatic heterocycles. The lowest BCUT2D eigenvalue weighted by atomic mass is 9.67. The van der Waals surface area contributed by atoms with Crippen molar-refractivity contribution in [2.24, 2.45) is 23.2 Å². The van der Waals surface area contributed by atoms with E-state index in [0.29, 0.717) is 11.5 Å². The maximum atomic E-state index is 6.28. The van der Waals surface area contributed by atoms with Gasteiger partial charge in [-0.1, -0.05) is 13.8 Å². The van der Waals surface area contributed by atoms with Gasteiger partial charge >= 0.3 is 0 Å². The maximum Gasteiger partial charge on any atom is 0.158 e. The second-order valence-corrected chi connectivity index (χ2v) is 8.97. The van der Waals surface area contributed by atoms with Crippen LogP contribution in [0.15, 0.2) is 0 Å². The van der Waals surface area contributed by atoms with Crippen LogP contribution in [0.2, 0.25) is 0 Å². The van der Waals surface area contributed by atoms with Crippen molar-refractivity contribution in [1.29, 1.82) is 0 Å². The number of hydrogen-bond donors (Lipinski definition) is 1. The van der Waals surface area contributed by atoms with Crippen LogP contribution in [0.4, 0.5) is 0 Å². The number of piperidine rings is 1. The van der Waals surface area contributed by atoms with E-state index in [1.54, 1.807) is 4.90 Å². The number of quaternary nitrogens is 1. The Morgan fingerprint density at radius 2 is 1.91 bits per heavy atom. The van der Waals surface area contributed by atoms with Gasteiger partial charge in [-0.2, -0.15) is 0 Å². The summed E-state index contributed by atoms with van der Waals surface area (Å²) >= 11 is 0. The maximum absolute atomic E-state index is 6.28. The Kier molecular flexibility index (Phi) is 4.25. The standard InChI is InChI=1S/C19H33NO2/c1-19(2)15-7-6-14(10-15)17(19)11-18-21-13-16(22-18)12-20-8-4-3-5-9-20/h14-18H,3-13H2,1-2H3/p+1. The second kappa shape index (κ2) is 6.07. The van der Waals surface area contributed by atoms with E-state index in [4.69, 9.17) is 9.47 Å². The number of rotatable bonds is 4. The zero-order chi connectivity index (χ0) is 15.2. The van der Waals surface area contributed by atoms with Crippen LogP contribution in [0.1, 0.15) is 58.8 Å². The summed E-state index contributed by atoms with van der Waals surface area (Å²) in [6, 6.07) is 0. The Morgan fingerprint density at radius 1 is 1.09 bits per heavy atom. The third kappa shape index (κ3) is 2.85. The summed E-state index contributed by atoms with van der Waals surface area (Å²) in [6.45, 7) is 9.65. The minimum absolute atomic E-state index is 0.0813. The summed E-state index contributed by atoms with van der Waals surface area (Å²) < 4.78 is 12.3. The molecule has 0 amide bonds. The minimum Gasteiger partial charge on any atom is -0.350 e. The van der Waals surface area contributed by atoms with Gasteiger partial charge in [-0.3, -0.25) is 0 Å². The van der Waals surface area contributed by atoms with Gasteiger partial charge in [-0.15, -0.1) is 0 Å². The van der Waals surface area contributed by atoms with Gasteiger partial charge < -0.3 is 14.4 Å². The first kappa shape index (κ1) is 15.4. The molecule has 126 valence electrons. The average molecular weight is 308 g/mol. The fourth-order valence-electron chi connectivity index (χ4n) is 5.99. The van der Waals surface area contributed by atoms with Crippen molar-refractivity contribution in [1.82, 2.24) is 0 Å². The molecule has 4 fully saturated rings. The highest BCUT2D eigenvalue weighted by Gasteiger charge is 2.53. The van der Waals surface area contributed by atoms with Gasteiger partial charge in [0.15, 0.2) is 6.29 Å². The highest BCUT2D eigenvalue weighted by Crippen LogP contribution is 2.60. The van der Waals surface area contributed by atoms with Crippen LogP contribution in [-0.4, -0.2) is 38.6 Å². The molecule has 22 heavy (non-hydrogen) atoms. The van der Waals surface area contributed by atoms with Crippen LogP contribution in [-0.2, 0) is 9.47 Å². The molecule has 2 heterocycles. The first-order chi connectivity index (χ1) is 10.6. The topological polar surface area (TPSA) is 22.9 Å². The summed E-state index contributed by atoms with van der Waals surface area (Å²) in [6.07, 6.45) is 10.2. The minimum atomic E-state index is 0.0813. The second-order valence-electron chi connectivity index (χ2n) is 8.97. The monoisotopic (exact) mass is 308 g/mol. The molecule has 0 aromatic carbocycles. The van der Waals surface area contributed by atoms with E-state index in [1.165, 1.54) is 51.6 Å². The van der Waals surface area contributed by atoms with Gasteiger partial charge in [0.2, 0.25) is 0 Å². The van der Waals surface area contributed by atoms with Crippen molar-refractivity contribution >= 4 is 0 Å². The lowest BCUT2D eigenvalue weighted by molar-refractivity contribution is -0.907. The molecule has 4 rings (SSSR count). The third-order valence-corrected chi connectivity index (χ3v) is 7.39. The Morgan fingerprint density at radius 3 is 2.64 bits per heavy atom. The fourth-order valence-corrected chi connectivity index (χ4v) is 5.99. The molecule has 0 aromatic heterocycles. The van der Waals surface area contributed by atoms with Gasteiger partial charge in [0.25, 0.3) is 0 Å². The predicted octanol–water partition coefficient (Wildman–Crippen LogP) is 2.26. The lowest BCUT2D eigenvalue weighted by Crippen LogP contribution is -3.13. The fraction of sp³-hybridized carbons (Fsp3) is 1.00. The molecule has 0 spiro atoms. The molecule has 4 aliphatic rings. The van der Waals surface area contributed by atoms with Crippen LogP contribution in [0, 0.1) is 23.2 Å². The molecular formula is C19H34NO2+. The van der Waals surface area contributed by atoms with Crippen molar-refractivity contribution in [3.05, 3.63) is 0 Å². The Hall–Kier alpha value is -0.120. The van der Waals surface area contributed by atoms with Crippen molar-refractivity contribution in [3.63, 3.8) is 0 Å². The van der Waals surface area contributed by atoms with Crippen LogP contribution >= 0.6 is 0 Å². The normalized spacial score (nSPS) is 44.7. The zero-order valence-electron chi connectivity index (χ0n) is 14.5. The quantitative estimate of drug-likeness (QED) is 0.861. The van der Waals surface area contributed by atoms with Crippen LogP contribution in [0.25, 0.3) is 0 Å². The van der Waals surface area contributed by atoms with Gasteiger partial charge in [-0.05, 0) is 61.7 Å². The first-order valence-electron chi connectivity index (χ1n) is 9.73. The largest absolute Gasteiger partial charge is 0.350 e. The van der Waals surface area contributed by atoms with E-state index in [9.17, 15) is 0 Å². The SMILES string of the molecule is CC1(C)C2CCC(C2)C1CC1OCC(C[NH+]2CCCCC2)O1. The van der Waals surface area contributed by atoms with Gasteiger partial charge in [0, 0.05) is 6.42 Å². The number of ether oxygens (including phenoxy) is 2. The molecule has 2 saturated heterocycles. The summed E-state index contributed by atoms with van der Waals surface area (Å²) in [5, 5.41) is 0. The highest BCUT2D eigenvalue weighted by atomic mass is 16.7. The van der Waals surface area contributed by atoms with Crippen molar-refractivity contribution in [2.45, 2.75) is 71.2 Å². The zero-order valence-corrected chi connectivity index (χ0v) is 14.5. The van der Waals surface area contributed by atoms with Crippen LogP contribution < -0.4 is 4.90 Å². The van der Waals surface area contributed by atoms with E-state index in [0.717, 1.165) is 37.3 Å². The van der Waals surface area contributed by atoms with Gasteiger partial charge in [0.1, 0.15) is 12.6 Å². The van der Waals surface area contributed by atoms with Gasteiger partial charge in [-0.25, -0.2) is 0 Å². The highest BCUT2D eigenvalue weighted by molar-refractivity contribution is 5.01. The average Bonchev–Trinajstić information content (AvgIpc) is 3.19. The molecule has 5 atom stereocenters. The predicted molar refractivity (Wildman–Crippen MR) is 86.7 cm³/mol. The molecular weight excluding hydrogens is 274 g/mol. The number of likely N-dealkylation sites (tertiary alicyclic amines) is 1. The van der Waals surface area contributed by atoms with E-state index in [2.05, 4.69) is 13.8 Å². The van der Waals surface area contributed by atoms with E-state index >= 15 is 0 Å². The molecule has 2 aliphatic carbocycles. The third-order valence-electron chi connectivity index (χ3n) is 7.39. The summed E-state index contributed by atoms with van der Waals surface area (Å²) in [5.41, 5.74) is 0.506. The Bertz CT molecular complexity index is 391. The van der Waals surface area contributed by atoms with Gasteiger partial charge in [0.05, 0.1) is 19.7 Å². The summed E-state index contributed by atoms with van der Waals surface area (Å²) in [5.74, 6) is 2.72. The Labute approximate surface area is 135 Å². The molecule has 2 bridgehead atoms. The molecule has 2 saturated carbocycles. The molecule has 0 radical (unpaired) electrons. The smallest absolute Gasteiger partial charge is 0.158 e. The van der Waals surface area contributed by atoms with E-state index in [1.807, 2.05) is 0 Å². The van der Waals surface area contributed by atoms with E-state index in [-0.39, 0.29) is 6.29 Å². The first-order valence-corrected chi connectivity index (χ1v) is 9.73. The van der Waals surface area contributed by atoms with E-state index < -0.39 is 0 Å². The summed E-state index contributed by atoms with van der Waals surface area (Å²) in [4.78, 5) is 1.74. The molecule has 1 N–H and O–H groups in total. The Balaban J connectivity index is 1.28. The van der Waals surface area contributed by atoms with Crippen molar-refractivity contribution in [2.75, 3.05) is 26.2 Å². The number of fused-ring (bicyclic) bond motifs is 2. The van der Waals surface area contributed by atoms with Crippen molar-refractivity contribution in [3.8, 4) is 0 Å². The molecule has 3 nitrogen and oxygen atoms in total. The lowest BCUT2D eigenvalue weighted by Gasteiger charge is -2.39. The van der Waals surface area contributed by atoms with Crippen molar-refractivity contribution < 1.29 is 14.4 Å². The molecule has 3 heteroatoms. The van der Waals surface area contributed by atoms with Crippen LogP contribution in [0.3, 0.4) is 0 Å².